The van der Waals surface area contributed by atoms with Crippen LogP contribution in [-0.2, 0) is 12.8 Å². The molecule has 1 atom stereocenters. The minimum absolute atomic E-state index is 0.308. The molecule has 0 aliphatic rings. The first-order valence-corrected chi connectivity index (χ1v) is 7.02. The average molecular weight is 292 g/mol. The van der Waals surface area contributed by atoms with Crippen LogP contribution in [0.3, 0.4) is 0 Å². The fourth-order valence-corrected chi connectivity index (χ4v) is 3.10. The molecule has 2 N–H and O–H groups in total. The predicted octanol–water partition coefficient (Wildman–Crippen LogP) is 2.46. The molecule has 0 radical (unpaired) electrons. The number of rotatable bonds is 5. The number of halogens is 1. The first-order chi connectivity index (χ1) is 7.06. The predicted molar refractivity (Wildman–Crippen MR) is 70.1 cm³/mol. The molecule has 3 nitrogen and oxygen atoms in total. The molecule has 0 bridgehead atoms. The van der Waals surface area contributed by atoms with Crippen molar-refractivity contribution in [3.63, 3.8) is 0 Å². The SMILES string of the molecule is CCC(N)CSCc1c(Br)c(C)nn1C. The Kier molecular flexibility index (Phi) is 5.15. The second kappa shape index (κ2) is 5.92. The van der Waals surface area contributed by atoms with E-state index in [-0.39, 0.29) is 0 Å². The zero-order chi connectivity index (χ0) is 11.4. The van der Waals surface area contributed by atoms with Crippen LogP contribution in [0.25, 0.3) is 0 Å². The molecule has 5 heteroatoms. The normalized spacial score (nSPS) is 13.1. The molecule has 0 aromatic carbocycles. The van der Waals surface area contributed by atoms with Gasteiger partial charge in [-0.25, -0.2) is 0 Å². The first-order valence-electron chi connectivity index (χ1n) is 5.07. The van der Waals surface area contributed by atoms with Crippen LogP contribution in [0.2, 0.25) is 0 Å². The van der Waals surface area contributed by atoms with Crippen LogP contribution in [0, 0.1) is 6.92 Å². The van der Waals surface area contributed by atoms with Crippen LogP contribution < -0.4 is 5.73 Å². The summed E-state index contributed by atoms with van der Waals surface area (Å²) in [6.45, 7) is 4.13. The Balaban J connectivity index is 2.50. The molecule has 1 rings (SSSR count). The number of aryl methyl sites for hydroxylation is 2. The lowest BCUT2D eigenvalue weighted by Crippen LogP contribution is -2.21. The fourth-order valence-electron chi connectivity index (χ4n) is 1.26. The molecule has 0 saturated heterocycles. The summed E-state index contributed by atoms with van der Waals surface area (Å²) in [7, 11) is 1.98. The van der Waals surface area contributed by atoms with Gasteiger partial charge in [0.05, 0.1) is 15.9 Å². The maximum Gasteiger partial charge on any atom is 0.0738 e. The maximum atomic E-state index is 5.86. The van der Waals surface area contributed by atoms with E-state index >= 15 is 0 Å². The second-order valence-corrected chi connectivity index (χ2v) is 5.48. The van der Waals surface area contributed by atoms with Crippen LogP contribution in [0.5, 0.6) is 0 Å². The fraction of sp³-hybridized carbons (Fsp3) is 0.700. The van der Waals surface area contributed by atoms with Crippen molar-refractivity contribution >= 4 is 27.7 Å². The van der Waals surface area contributed by atoms with Gasteiger partial charge in [-0.15, -0.1) is 0 Å². The van der Waals surface area contributed by atoms with Crippen molar-refractivity contribution in [1.82, 2.24) is 9.78 Å². The van der Waals surface area contributed by atoms with Gasteiger partial charge >= 0.3 is 0 Å². The third-order valence-corrected chi connectivity index (χ3v) is 4.53. The highest BCUT2D eigenvalue weighted by molar-refractivity contribution is 9.10. The van der Waals surface area contributed by atoms with Crippen molar-refractivity contribution in [2.45, 2.75) is 32.1 Å². The monoisotopic (exact) mass is 291 g/mol. The molecule has 0 aliphatic heterocycles. The number of hydrogen-bond donors (Lipinski definition) is 1. The van der Waals surface area contributed by atoms with Gasteiger partial charge in [0.15, 0.2) is 0 Å². The van der Waals surface area contributed by atoms with E-state index in [4.69, 9.17) is 5.73 Å². The molecule has 0 fully saturated rings. The van der Waals surface area contributed by atoms with E-state index in [1.165, 1.54) is 5.69 Å². The van der Waals surface area contributed by atoms with Crippen molar-refractivity contribution in [3.8, 4) is 0 Å². The molecule has 0 saturated carbocycles. The molecule has 1 heterocycles. The standard InChI is InChI=1S/C10H18BrN3S/c1-4-8(12)5-15-6-9-10(11)7(2)13-14(9)3/h8H,4-6,12H2,1-3H3. The lowest BCUT2D eigenvalue weighted by Gasteiger charge is -2.08. The number of nitrogens with zero attached hydrogens (tertiary/aromatic N) is 2. The summed E-state index contributed by atoms with van der Waals surface area (Å²) in [4.78, 5) is 0. The largest absolute Gasteiger partial charge is 0.327 e. The smallest absolute Gasteiger partial charge is 0.0738 e. The molecule has 0 aliphatic carbocycles. The summed E-state index contributed by atoms with van der Waals surface area (Å²) in [5.74, 6) is 1.97. The van der Waals surface area contributed by atoms with Crippen LogP contribution in [0.1, 0.15) is 24.7 Å². The van der Waals surface area contributed by atoms with Crippen LogP contribution in [-0.4, -0.2) is 21.6 Å². The minimum atomic E-state index is 0.308. The third kappa shape index (κ3) is 3.50. The van der Waals surface area contributed by atoms with Crippen molar-refractivity contribution < 1.29 is 0 Å². The van der Waals surface area contributed by atoms with Crippen LogP contribution in [0.15, 0.2) is 4.47 Å². The van der Waals surface area contributed by atoms with Gasteiger partial charge in [-0.2, -0.15) is 16.9 Å². The Morgan fingerprint density at radius 3 is 2.73 bits per heavy atom. The highest BCUT2D eigenvalue weighted by atomic mass is 79.9. The van der Waals surface area contributed by atoms with E-state index < -0.39 is 0 Å². The lowest BCUT2D eigenvalue weighted by atomic mass is 10.3. The number of nitrogens with two attached hydrogens (primary N) is 1. The summed E-state index contributed by atoms with van der Waals surface area (Å²) in [5, 5.41) is 4.35. The molecule has 1 aromatic heterocycles. The van der Waals surface area contributed by atoms with Crippen molar-refractivity contribution in [1.29, 1.82) is 0 Å². The van der Waals surface area contributed by atoms with Gasteiger partial charge in [0.1, 0.15) is 0 Å². The number of aromatic nitrogens is 2. The minimum Gasteiger partial charge on any atom is -0.327 e. The molecule has 0 spiro atoms. The Labute approximate surface area is 104 Å². The van der Waals surface area contributed by atoms with Gasteiger partial charge in [-0.1, -0.05) is 6.92 Å². The summed E-state index contributed by atoms with van der Waals surface area (Å²) in [6, 6.07) is 0.308. The molecule has 15 heavy (non-hydrogen) atoms. The highest BCUT2D eigenvalue weighted by Crippen LogP contribution is 2.24. The molecule has 1 unspecified atom stereocenters. The van der Waals surface area contributed by atoms with Gasteiger partial charge in [0, 0.05) is 24.6 Å². The lowest BCUT2D eigenvalue weighted by molar-refractivity contribution is 0.718. The van der Waals surface area contributed by atoms with Gasteiger partial charge in [-0.05, 0) is 29.3 Å². The van der Waals surface area contributed by atoms with Gasteiger partial charge in [-0.3, -0.25) is 4.68 Å². The van der Waals surface area contributed by atoms with Crippen molar-refractivity contribution in [3.05, 3.63) is 15.9 Å². The molecule has 86 valence electrons. The Hall–Kier alpha value is 0. The Bertz CT molecular complexity index is 325. The number of hydrogen-bond acceptors (Lipinski definition) is 3. The van der Waals surface area contributed by atoms with E-state index in [1.807, 2.05) is 30.4 Å². The van der Waals surface area contributed by atoms with Gasteiger partial charge in [0.25, 0.3) is 0 Å². The van der Waals surface area contributed by atoms with Gasteiger partial charge in [0.2, 0.25) is 0 Å². The second-order valence-electron chi connectivity index (χ2n) is 3.65. The molecular weight excluding hydrogens is 274 g/mol. The summed E-state index contributed by atoms with van der Waals surface area (Å²) in [5.41, 5.74) is 8.15. The summed E-state index contributed by atoms with van der Waals surface area (Å²) < 4.78 is 3.06. The highest BCUT2D eigenvalue weighted by Gasteiger charge is 2.10. The maximum absolute atomic E-state index is 5.86. The first kappa shape index (κ1) is 13.1. The van der Waals surface area contributed by atoms with Crippen LogP contribution >= 0.6 is 27.7 Å². The summed E-state index contributed by atoms with van der Waals surface area (Å²) in [6.07, 6.45) is 1.04. The summed E-state index contributed by atoms with van der Waals surface area (Å²) >= 11 is 5.42. The quantitative estimate of drug-likeness (QED) is 0.906. The van der Waals surface area contributed by atoms with E-state index in [1.54, 1.807) is 0 Å². The third-order valence-electron chi connectivity index (χ3n) is 2.36. The van der Waals surface area contributed by atoms with Crippen molar-refractivity contribution in [2.24, 2.45) is 12.8 Å². The molecule has 1 aromatic rings. The van der Waals surface area contributed by atoms with E-state index in [0.29, 0.717) is 6.04 Å². The Morgan fingerprint density at radius 2 is 2.27 bits per heavy atom. The number of thioether (sulfide) groups is 1. The molecular formula is C10H18BrN3S. The molecule has 0 amide bonds. The van der Waals surface area contributed by atoms with E-state index in [2.05, 4.69) is 28.0 Å². The topological polar surface area (TPSA) is 43.8 Å². The van der Waals surface area contributed by atoms with Crippen LogP contribution in [0.4, 0.5) is 0 Å². The zero-order valence-electron chi connectivity index (χ0n) is 9.46. The van der Waals surface area contributed by atoms with E-state index in [0.717, 1.165) is 28.1 Å². The zero-order valence-corrected chi connectivity index (χ0v) is 11.9. The Morgan fingerprint density at radius 1 is 1.60 bits per heavy atom. The average Bonchev–Trinajstić information content (AvgIpc) is 2.44. The van der Waals surface area contributed by atoms with Gasteiger partial charge < -0.3 is 5.73 Å². The van der Waals surface area contributed by atoms with Crippen molar-refractivity contribution in [2.75, 3.05) is 5.75 Å². The van der Waals surface area contributed by atoms with E-state index in [9.17, 15) is 0 Å².